The lowest BCUT2D eigenvalue weighted by molar-refractivity contribution is -0.654. The van der Waals surface area contributed by atoms with Gasteiger partial charge in [0.15, 0.2) is 0 Å². The first-order valence-electron chi connectivity index (χ1n) is 5.70. The van der Waals surface area contributed by atoms with E-state index in [4.69, 9.17) is 5.73 Å². The quantitative estimate of drug-likeness (QED) is 0.563. The normalized spacial score (nSPS) is 31.3. The van der Waals surface area contributed by atoms with Crippen LogP contribution in [0.3, 0.4) is 0 Å². The molecular formula is C13H18N3O+. The molecule has 1 aromatic rings. The molecule has 0 radical (unpaired) electrons. The molecule has 2 unspecified atom stereocenters. The Bertz CT molecular complexity index is 489. The van der Waals surface area contributed by atoms with E-state index in [1.807, 2.05) is 44.2 Å². The van der Waals surface area contributed by atoms with Crippen LogP contribution >= 0.6 is 0 Å². The van der Waals surface area contributed by atoms with Crippen molar-refractivity contribution in [1.82, 2.24) is 0 Å². The summed E-state index contributed by atoms with van der Waals surface area (Å²) in [5.74, 6) is 0.434. The number of hydrazone groups is 1. The van der Waals surface area contributed by atoms with Gasteiger partial charge in [-0.1, -0.05) is 30.2 Å². The molecule has 0 saturated carbocycles. The van der Waals surface area contributed by atoms with Crippen molar-refractivity contribution in [2.75, 3.05) is 0 Å². The second-order valence-electron chi connectivity index (χ2n) is 4.62. The van der Waals surface area contributed by atoms with Crippen molar-refractivity contribution in [3.8, 4) is 0 Å². The Kier molecular flexibility index (Phi) is 2.75. The third-order valence-electron chi connectivity index (χ3n) is 3.43. The van der Waals surface area contributed by atoms with Crippen LogP contribution in [-0.2, 0) is 0 Å². The minimum absolute atomic E-state index is 0.0373. The van der Waals surface area contributed by atoms with E-state index in [0.29, 0.717) is 5.84 Å². The lowest BCUT2D eigenvalue weighted by Crippen LogP contribution is -2.44. The molecule has 3 N–H and O–H groups in total. The van der Waals surface area contributed by atoms with E-state index < -0.39 is 5.72 Å². The van der Waals surface area contributed by atoms with Crippen LogP contribution in [0.4, 0.5) is 0 Å². The topological polar surface area (TPSA) is 61.6 Å². The maximum absolute atomic E-state index is 10.4. The highest BCUT2D eigenvalue weighted by atomic mass is 16.3. The summed E-state index contributed by atoms with van der Waals surface area (Å²) in [5.41, 5.74) is 6.75. The average molecular weight is 232 g/mol. The van der Waals surface area contributed by atoms with Gasteiger partial charge in [0, 0.05) is 6.92 Å². The lowest BCUT2D eigenvalue weighted by Gasteiger charge is -2.20. The van der Waals surface area contributed by atoms with E-state index in [2.05, 4.69) is 5.10 Å². The molecule has 0 amide bonds. The molecule has 17 heavy (non-hydrogen) atoms. The molecule has 1 aliphatic heterocycles. The highest BCUT2D eigenvalue weighted by Crippen LogP contribution is 2.27. The summed E-state index contributed by atoms with van der Waals surface area (Å²) in [6, 6.07) is 9.55. The summed E-state index contributed by atoms with van der Waals surface area (Å²) in [6.07, 6.45) is 0. The van der Waals surface area contributed by atoms with Gasteiger partial charge >= 0.3 is 5.84 Å². The first-order valence-corrected chi connectivity index (χ1v) is 5.70. The van der Waals surface area contributed by atoms with E-state index in [1.165, 1.54) is 4.68 Å². The first-order chi connectivity index (χ1) is 7.94. The molecule has 2 rings (SSSR count). The first kappa shape index (κ1) is 11.8. The Morgan fingerprint density at radius 3 is 2.47 bits per heavy atom. The Labute approximate surface area is 101 Å². The van der Waals surface area contributed by atoms with Gasteiger partial charge in [-0.05, 0) is 19.1 Å². The minimum Gasteiger partial charge on any atom is -0.351 e. The van der Waals surface area contributed by atoms with E-state index in [0.717, 1.165) is 11.3 Å². The predicted molar refractivity (Wildman–Crippen MR) is 67.9 cm³/mol. The van der Waals surface area contributed by atoms with Gasteiger partial charge in [-0.15, -0.1) is 4.68 Å². The van der Waals surface area contributed by atoms with Crippen LogP contribution in [0.25, 0.3) is 0 Å². The number of hydrogen-bond acceptors (Lipinski definition) is 2. The number of amidine groups is 1. The van der Waals surface area contributed by atoms with Crippen LogP contribution in [-0.4, -0.2) is 27.1 Å². The highest BCUT2D eigenvalue weighted by molar-refractivity contribution is 5.94. The number of benzene rings is 1. The molecule has 0 aromatic heterocycles. The van der Waals surface area contributed by atoms with Gasteiger partial charge in [-0.25, -0.2) is 0 Å². The lowest BCUT2D eigenvalue weighted by atomic mass is 9.97. The van der Waals surface area contributed by atoms with Gasteiger partial charge in [-0.3, -0.25) is 5.73 Å². The van der Waals surface area contributed by atoms with Crippen LogP contribution in [0, 0.1) is 5.92 Å². The van der Waals surface area contributed by atoms with E-state index in [-0.39, 0.29) is 5.92 Å². The standard InChI is InChI=1S/C13H17N3O/c1-9-10(2)15-16(13(9,3)17)12(14)11-7-5-4-6-8-11/h4-9,14,17H,1-3H3/p+1. The van der Waals surface area contributed by atoms with Crippen molar-refractivity contribution in [3.63, 3.8) is 0 Å². The third-order valence-corrected chi connectivity index (χ3v) is 3.43. The average Bonchev–Trinajstić information content (AvgIpc) is 2.53. The van der Waals surface area contributed by atoms with Crippen molar-refractivity contribution in [1.29, 1.82) is 0 Å². The van der Waals surface area contributed by atoms with E-state index in [9.17, 15) is 5.11 Å². The Hall–Kier alpha value is -1.68. The SMILES string of the molecule is CC1=N/[N+](=C(\N)c2ccccc2)C(C)(O)C1C. The minimum atomic E-state index is -1.07. The third kappa shape index (κ3) is 1.85. The van der Waals surface area contributed by atoms with Crippen LogP contribution in [0.5, 0.6) is 0 Å². The van der Waals surface area contributed by atoms with Crippen molar-refractivity contribution in [2.24, 2.45) is 16.8 Å². The number of nitrogens with two attached hydrogens (primary N) is 1. The molecule has 0 saturated heterocycles. The Balaban J connectivity index is 2.53. The Morgan fingerprint density at radius 1 is 1.41 bits per heavy atom. The molecule has 0 bridgehead atoms. The van der Waals surface area contributed by atoms with Gasteiger partial charge in [-0.2, -0.15) is 0 Å². The smallest absolute Gasteiger partial charge is 0.303 e. The van der Waals surface area contributed by atoms with E-state index in [1.54, 1.807) is 6.92 Å². The zero-order valence-electron chi connectivity index (χ0n) is 10.4. The molecule has 0 fully saturated rings. The zero-order valence-corrected chi connectivity index (χ0v) is 10.4. The van der Waals surface area contributed by atoms with Crippen molar-refractivity contribution in [3.05, 3.63) is 35.9 Å². The van der Waals surface area contributed by atoms with Crippen molar-refractivity contribution in [2.45, 2.75) is 26.5 Å². The molecule has 4 heteroatoms. The zero-order chi connectivity index (χ0) is 12.6. The van der Waals surface area contributed by atoms with Crippen LogP contribution in [0.2, 0.25) is 0 Å². The van der Waals surface area contributed by atoms with Crippen LogP contribution in [0.1, 0.15) is 26.3 Å². The molecule has 4 nitrogen and oxygen atoms in total. The fourth-order valence-electron chi connectivity index (χ4n) is 1.95. The summed E-state index contributed by atoms with van der Waals surface area (Å²) < 4.78 is 1.50. The van der Waals surface area contributed by atoms with Gasteiger partial charge < -0.3 is 5.11 Å². The molecule has 1 heterocycles. The number of aliphatic hydroxyl groups is 1. The van der Waals surface area contributed by atoms with E-state index >= 15 is 0 Å². The van der Waals surface area contributed by atoms with Gasteiger partial charge in [0.2, 0.25) is 5.72 Å². The maximum atomic E-state index is 10.4. The molecule has 0 aliphatic carbocycles. The Morgan fingerprint density at radius 2 is 2.00 bits per heavy atom. The van der Waals surface area contributed by atoms with Crippen LogP contribution in [0.15, 0.2) is 35.4 Å². The van der Waals surface area contributed by atoms with Crippen molar-refractivity contribution < 1.29 is 9.79 Å². The molecule has 0 spiro atoms. The van der Waals surface area contributed by atoms with Gasteiger partial charge in [0.05, 0.1) is 17.2 Å². The highest BCUT2D eigenvalue weighted by Gasteiger charge is 2.45. The summed E-state index contributed by atoms with van der Waals surface area (Å²) >= 11 is 0. The largest absolute Gasteiger partial charge is 0.351 e. The van der Waals surface area contributed by atoms with Gasteiger partial charge in [0.1, 0.15) is 0 Å². The predicted octanol–water partition coefficient (Wildman–Crippen LogP) is 1.14. The number of hydrogen-bond donors (Lipinski definition) is 2. The summed E-state index contributed by atoms with van der Waals surface area (Å²) in [7, 11) is 0. The second kappa shape index (κ2) is 3.96. The summed E-state index contributed by atoms with van der Waals surface area (Å²) in [6.45, 7) is 5.57. The second-order valence-corrected chi connectivity index (χ2v) is 4.62. The fourth-order valence-corrected chi connectivity index (χ4v) is 1.95. The fraction of sp³-hybridized carbons (Fsp3) is 0.385. The molecule has 1 aliphatic rings. The monoisotopic (exact) mass is 232 g/mol. The van der Waals surface area contributed by atoms with Gasteiger partial charge in [0.25, 0.3) is 0 Å². The van der Waals surface area contributed by atoms with Crippen molar-refractivity contribution >= 4 is 11.5 Å². The summed E-state index contributed by atoms with van der Waals surface area (Å²) in [5, 5.41) is 14.8. The number of nitrogens with zero attached hydrogens (tertiary/aromatic N) is 2. The number of rotatable bonds is 1. The molecule has 90 valence electrons. The molecular weight excluding hydrogens is 214 g/mol. The summed E-state index contributed by atoms with van der Waals surface area (Å²) in [4.78, 5) is 0. The molecule has 1 aromatic carbocycles. The molecule has 2 atom stereocenters. The maximum Gasteiger partial charge on any atom is 0.303 e. The van der Waals surface area contributed by atoms with Crippen LogP contribution < -0.4 is 5.73 Å².